The number of piperidine rings is 1. The van der Waals surface area contributed by atoms with Crippen molar-refractivity contribution >= 4 is 17.5 Å². The second-order valence-electron chi connectivity index (χ2n) is 7.16. The molecule has 2 amide bonds. The number of hydrogen-bond acceptors (Lipinski definition) is 6. The predicted octanol–water partition coefficient (Wildman–Crippen LogP) is 3.21. The van der Waals surface area contributed by atoms with Crippen LogP contribution in [0.1, 0.15) is 23.2 Å². The third-order valence-electron chi connectivity index (χ3n) is 5.45. The minimum Gasteiger partial charge on any atom is -0.496 e. The molecule has 166 valence electrons. The number of hydrogen-bond donors (Lipinski definition) is 1. The molecule has 0 bridgehead atoms. The maximum atomic E-state index is 13.1. The fraction of sp³-hybridized carbons (Fsp3) is 0.391. The van der Waals surface area contributed by atoms with Crippen molar-refractivity contribution in [1.29, 1.82) is 0 Å². The van der Waals surface area contributed by atoms with E-state index in [0.29, 0.717) is 60.2 Å². The fourth-order valence-electron chi connectivity index (χ4n) is 3.72. The van der Waals surface area contributed by atoms with Crippen LogP contribution in [0.15, 0.2) is 36.4 Å². The predicted molar refractivity (Wildman–Crippen MR) is 116 cm³/mol. The van der Waals surface area contributed by atoms with Crippen molar-refractivity contribution in [2.24, 2.45) is 5.92 Å². The molecule has 0 saturated carbocycles. The molecular formula is C23H28N2O6. The highest BCUT2D eigenvalue weighted by atomic mass is 16.5. The van der Waals surface area contributed by atoms with Gasteiger partial charge in [-0.3, -0.25) is 9.59 Å². The third-order valence-corrected chi connectivity index (χ3v) is 5.45. The second kappa shape index (κ2) is 10.1. The first-order valence-corrected chi connectivity index (χ1v) is 10.1. The van der Waals surface area contributed by atoms with Gasteiger partial charge in [-0.2, -0.15) is 0 Å². The first kappa shape index (κ1) is 22.3. The maximum Gasteiger partial charge on any atom is 0.261 e. The summed E-state index contributed by atoms with van der Waals surface area (Å²) in [6.45, 7) is 0.952. The van der Waals surface area contributed by atoms with E-state index in [-0.39, 0.29) is 17.7 Å². The van der Waals surface area contributed by atoms with Gasteiger partial charge in [0.25, 0.3) is 5.91 Å². The van der Waals surface area contributed by atoms with Gasteiger partial charge in [-0.25, -0.2) is 0 Å². The summed E-state index contributed by atoms with van der Waals surface area (Å²) in [4.78, 5) is 27.6. The Bertz CT molecular complexity index is 915. The summed E-state index contributed by atoms with van der Waals surface area (Å²) in [6.07, 6.45) is 1.14. The Morgan fingerprint density at radius 2 is 1.42 bits per heavy atom. The molecule has 0 atom stereocenters. The van der Waals surface area contributed by atoms with Gasteiger partial charge in [-0.1, -0.05) is 6.07 Å². The molecule has 0 radical (unpaired) electrons. The van der Waals surface area contributed by atoms with E-state index in [1.807, 2.05) is 0 Å². The SMILES string of the molecule is COc1ccc(NC(=O)C2CCN(C(=O)c3c(OC)cccc3OC)CC2)cc1OC. The van der Waals surface area contributed by atoms with Gasteiger partial charge in [0.15, 0.2) is 11.5 Å². The third kappa shape index (κ3) is 4.84. The quantitative estimate of drug-likeness (QED) is 0.729. The van der Waals surface area contributed by atoms with Crippen LogP contribution in [-0.2, 0) is 4.79 Å². The van der Waals surface area contributed by atoms with E-state index >= 15 is 0 Å². The number of anilines is 1. The number of carbonyl (C=O) groups excluding carboxylic acids is 2. The molecule has 2 aromatic carbocycles. The Balaban J connectivity index is 1.63. The Morgan fingerprint density at radius 3 is 1.97 bits per heavy atom. The zero-order valence-corrected chi connectivity index (χ0v) is 18.3. The van der Waals surface area contributed by atoms with Gasteiger partial charge >= 0.3 is 0 Å². The summed E-state index contributed by atoms with van der Waals surface area (Å²) >= 11 is 0. The van der Waals surface area contributed by atoms with Gasteiger partial charge in [0.1, 0.15) is 17.1 Å². The van der Waals surface area contributed by atoms with Gasteiger partial charge < -0.3 is 29.2 Å². The van der Waals surface area contributed by atoms with E-state index in [1.165, 1.54) is 14.2 Å². The van der Waals surface area contributed by atoms with E-state index in [2.05, 4.69) is 5.32 Å². The van der Waals surface area contributed by atoms with E-state index in [9.17, 15) is 9.59 Å². The number of likely N-dealkylation sites (tertiary alicyclic amines) is 1. The lowest BCUT2D eigenvalue weighted by Gasteiger charge is -2.32. The van der Waals surface area contributed by atoms with Crippen molar-refractivity contribution < 1.29 is 28.5 Å². The number of amides is 2. The van der Waals surface area contributed by atoms with Gasteiger partial charge in [0.2, 0.25) is 5.91 Å². The number of nitrogens with zero attached hydrogens (tertiary/aromatic N) is 1. The van der Waals surface area contributed by atoms with Gasteiger partial charge in [0.05, 0.1) is 28.4 Å². The van der Waals surface area contributed by atoms with Crippen LogP contribution in [0.3, 0.4) is 0 Å². The number of methoxy groups -OCH3 is 4. The number of ether oxygens (including phenoxy) is 4. The minimum absolute atomic E-state index is 0.0748. The average molecular weight is 428 g/mol. The molecule has 0 unspecified atom stereocenters. The molecular weight excluding hydrogens is 400 g/mol. The van der Waals surface area contributed by atoms with Crippen LogP contribution in [0, 0.1) is 5.92 Å². The maximum absolute atomic E-state index is 13.1. The summed E-state index contributed by atoms with van der Waals surface area (Å²) in [5.74, 6) is 1.67. The van der Waals surface area contributed by atoms with Crippen molar-refractivity contribution in [3.8, 4) is 23.0 Å². The van der Waals surface area contributed by atoms with Crippen molar-refractivity contribution in [2.75, 3.05) is 46.8 Å². The highest BCUT2D eigenvalue weighted by molar-refractivity contribution is 6.00. The molecule has 1 N–H and O–H groups in total. The summed E-state index contributed by atoms with van der Waals surface area (Å²) < 4.78 is 21.2. The molecule has 0 spiro atoms. The molecule has 31 heavy (non-hydrogen) atoms. The van der Waals surface area contributed by atoms with Crippen molar-refractivity contribution in [2.45, 2.75) is 12.8 Å². The molecule has 8 nitrogen and oxygen atoms in total. The molecule has 0 aliphatic carbocycles. The first-order chi connectivity index (χ1) is 15.0. The monoisotopic (exact) mass is 428 g/mol. The highest BCUT2D eigenvalue weighted by Gasteiger charge is 2.30. The Labute approximate surface area is 182 Å². The van der Waals surface area contributed by atoms with Gasteiger partial charge in [-0.05, 0) is 37.1 Å². The lowest BCUT2D eigenvalue weighted by atomic mass is 9.95. The second-order valence-corrected chi connectivity index (χ2v) is 7.16. The molecule has 8 heteroatoms. The van der Waals surface area contributed by atoms with Crippen molar-refractivity contribution in [1.82, 2.24) is 4.90 Å². The molecule has 1 fully saturated rings. The van der Waals surface area contributed by atoms with Crippen molar-refractivity contribution in [3.63, 3.8) is 0 Å². The summed E-state index contributed by atoms with van der Waals surface area (Å²) in [5, 5.41) is 2.93. The Morgan fingerprint density at radius 1 is 0.839 bits per heavy atom. The first-order valence-electron chi connectivity index (χ1n) is 10.1. The van der Waals surface area contributed by atoms with E-state index in [1.54, 1.807) is 55.5 Å². The summed E-state index contributed by atoms with van der Waals surface area (Å²) in [5.41, 5.74) is 1.04. The lowest BCUT2D eigenvalue weighted by Crippen LogP contribution is -2.41. The van der Waals surface area contributed by atoms with Crippen LogP contribution in [0.5, 0.6) is 23.0 Å². The van der Waals surface area contributed by atoms with Crippen molar-refractivity contribution in [3.05, 3.63) is 42.0 Å². The Hall–Kier alpha value is -3.42. The molecule has 1 heterocycles. The largest absolute Gasteiger partial charge is 0.496 e. The Kier molecular flexibility index (Phi) is 7.23. The number of nitrogens with one attached hydrogen (secondary N) is 1. The molecule has 2 aromatic rings. The normalized spacial score (nSPS) is 14.0. The van der Waals surface area contributed by atoms with E-state index in [0.717, 1.165) is 0 Å². The van der Waals surface area contributed by atoms with Crippen LogP contribution >= 0.6 is 0 Å². The summed E-state index contributed by atoms with van der Waals surface area (Å²) in [6, 6.07) is 10.5. The van der Waals surface area contributed by atoms with E-state index < -0.39 is 0 Å². The lowest BCUT2D eigenvalue weighted by molar-refractivity contribution is -0.121. The van der Waals surface area contributed by atoms with Crippen LogP contribution in [0.25, 0.3) is 0 Å². The fourth-order valence-corrected chi connectivity index (χ4v) is 3.72. The smallest absolute Gasteiger partial charge is 0.261 e. The molecule has 0 aromatic heterocycles. The zero-order valence-electron chi connectivity index (χ0n) is 18.3. The van der Waals surface area contributed by atoms with E-state index in [4.69, 9.17) is 18.9 Å². The highest BCUT2D eigenvalue weighted by Crippen LogP contribution is 2.32. The molecule has 1 saturated heterocycles. The summed E-state index contributed by atoms with van der Waals surface area (Å²) in [7, 11) is 6.16. The van der Waals surface area contributed by atoms with Crippen LogP contribution in [-0.4, -0.2) is 58.2 Å². The van der Waals surface area contributed by atoms with Gasteiger partial charge in [0, 0.05) is 30.8 Å². The van der Waals surface area contributed by atoms with Crippen LogP contribution in [0.4, 0.5) is 5.69 Å². The standard InChI is InChI=1S/C23H28N2O6/c1-28-17-9-8-16(14-20(17)31-4)24-22(26)15-10-12-25(13-11-15)23(27)21-18(29-2)6-5-7-19(21)30-3/h5-9,14-15H,10-13H2,1-4H3,(H,24,26). The molecule has 3 rings (SSSR count). The zero-order chi connectivity index (χ0) is 22.4. The average Bonchev–Trinajstić information content (AvgIpc) is 2.82. The number of carbonyl (C=O) groups is 2. The molecule has 1 aliphatic heterocycles. The number of benzene rings is 2. The van der Waals surface area contributed by atoms with Crippen LogP contribution in [0.2, 0.25) is 0 Å². The molecule has 1 aliphatic rings. The van der Waals surface area contributed by atoms with Gasteiger partial charge in [-0.15, -0.1) is 0 Å². The minimum atomic E-state index is -0.184. The van der Waals surface area contributed by atoms with Crippen LogP contribution < -0.4 is 24.3 Å². The topological polar surface area (TPSA) is 86.3 Å². The number of rotatable bonds is 7.